The first kappa shape index (κ1) is 29.1. The molecule has 0 aromatic rings. The van der Waals surface area contributed by atoms with Gasteiger partial charge in [0.15, 0.2) is 0 Å². The number of ether oxygens (including phenoxy) is 1. The van der Waals surface area contributed by atoms with Crippen LogP contribution < -0.4 is 0 Å². The van der Waals surface area contributed by atoms with E-state index < -0.39 is 14.4 Å². The first-order valence-corrected chi connectivity index (χ1v) is 15.0. The Labute approximate surface area is 199 Å². The van der Waals surface area contributed by atoms with E-state index in [1.54, 1.807) is 0 Å². The van der Waals surface area contributed by atoms with Crippen molar-refractivity contribution in [1.82, 2.24) is 0 Å². The lowest BCUT2D eigenvalue weighted by Gasteiger charge is -2.45. The molecule has 1 aliphatic rings. The number of unbranched alkanes of at least 4 members (excludes halogenated alkanes) is 2. The van der Waals surface area contributed by atoms with Gasteiger partial charge in [0.1, 0.15) is 6.10 Å². The van der Waals surface area contributed by atoms with Crippen molar-refractivity contribution in [1.29, 1.82) is 0 Å². The molecule has 0 aromatic carbocycles. The SMILES string of the molecule is C=CC[C@H](O[Si](C(C)C)(C(C)C)C(C)C)[C@@H]1C[C@H]1[C@H](O)/C=C/[C@@H](CCCCC)OC(C)=O. The fourth-order valence-corrected chi connectivity index (χ4v) is 11.2. The van der Waals surface area contributed by atoms with E-state index in [1.807, 2.05) is 18.2 Å². The van der Waals surface area contributed by atoms with Gasteiger partial charge in [-0.25, -0.2) is 0 Å². The van der Waals surface area contributed by atoms with Crippen LogP contribution in [0.5, 0.6) is 0 Å². The molecule has 0 aliphatic heterocycles. The van der Waals surface area contributed by atoms with E-state index in [-0.39, 0.29) is 24.1 Å². The zero-order chi connectivity index (χ0) is 24.5. The summed E-state index contributed by atoms with van der Waals surface area (Å²) in [4.78, 5) is 11.4. The van der Waals surface area contributed by atoms with Crippen molar-refractivity contribution in [3.05, 3.63) is 24.8 Å². The van der Waals surface area contributed by atoms with Crippen molar-refractivity contribution in [2.45, 2.75) is 129 Å². The molecule has 1 aliphatic carbocycles. The third-order valence-corrected chi connectivity index (χ3v) is 13.3. The molecule has 5 heteroatoms. The van der Waals surface area contributed by atoms with Gasteiger partial charge in [-0.1, -0.05) is 73.5 Å². The number of carbonyl (C=O) groups excluding carboxylic acids is 1. The molecule has 1 rings (SSSR count). The highest BCUT2D eigenvalue weighted by Gasteiger charge is 2.52. The lowest BCUT2D eigenvalue weighted by molar-refractivity contribution is -0.144. The fraction of sp³-hybridized carbons (Fsp3) is 0.815. The Morgan fingerprint density at radius 1 is 1.06 bits per heavy atom. The minimum Gasteiger partial charge on any atom is -0.458 e. The van der Waals surface area contributed by atoms with Gasteiger partial charge in [0.05, 0.1) is 12.2 Å². The van der Waals surface area contributed by atoms with E-state index >= 15 is 0 Å². The third kappa shape index (κ3) is 8.14. The molecule has 0 bridgehead atoms. The van der Waals surface area contributed by atoms with Crippen LogP contribution in [0.2, 0.25) is 16.6 Å². The molecule has 0 heterocycles. The Balaban J connectivity index is 2.87. The average Bonchev–Trinajstić information content (AvgIpc) is 3.48. The second-order valence-electron chi connectivity index (χ2n) is 10.6. The van der Waals surface area contributed by atoms with Gasteiger partial charge in [-0.2, -0.15) is 0 Å². The third-order valence-electron chi connectivity index (χ3n) is 7.20. The highest BCUT2D eigenvalue weighted by atomic mass is 28.4. The number of aliphatic hydroxyl groups is 1. The van der Waals surface area contributed by atoms with Crippen LogP contribution in [-0.2, 0) is 14.0 Å². The minimum absolute atomic E-state index is 0.119. The molecule has 0 spiro atoms. The second-order valence-corrected chi connectivity index (χ2v) is 16.0. The topological polar surface area (TPSA) is 55.8 Å². The Morgan fingerprint density at radius 2 is 1.66 bits per heavy atom. The molecule has 0 radical (unpaired) electrons. The number of hydrogen-bond donors (Lipinski definition) is 1. The van der Waals surface area contributed by atoms with Crippen molar-refractivity contribution in [2.24, 2.45) is 11.8 Å². The van der Waals surface area contributed by atoms with Gasteiger partial charge in [0.25, 0.3) is 0 Å². The van der Waals surface area contributed by atoms with Crippen LogP contribution in [-0.4, -0.2) is 37.7 Å². The van der Waals surface area contributed by atoms with E-state index in [1.165, 1.54) is 6.92 Å². The normalized spacial score (nSPS) is 21.9. The predicted molar refractivity (Wildman–Crippen MR) is 137 cm³/mol. The predicted octanol–water partition coefficient (Wildman–Crippen LogP) is 7.19. The zero-order valence-electron chi connectivity index (χ0n) is 22.0. The first-order valence-electron chi connectivity index (χ1n) is 12.8. The summed E-state index contributed by atoms with van der Waals surface area (Å²) in [6, 6.07) is 0. The van der Waals surface area contributed by atoms with Gasteiger partial charge in [-0.05, 0) is 60.2 Å². The Kier molecular flexibility index (Phi) is 12.5. The molecule has 0 saturated heterocycles. The standard InChI is InChI=1S/C27H50O4Si/c1-10-12-13-15-23(30-22(9)28)16-17-26(29)24-18-25(24)27(14-11-2)31-32(19(3)4,20(5)6)21(7)8/h11,16-17,19-21,23-27,29H,2,10,12-15,18H2,1,3-9H3/b17-16+/t23-,24-,25-,26-,27+/m1/s1. The van der Waals surface area contributed by atoms with Crippen LogP contribution in [0.4, 0.5) is 0 Å². The number of rotatable bonds is 16. The Morgan fingerprint density at radius 3 is 2.12 bits per heavy atom. The van der Waals surface area contributed by atoms with Gasteiger partial charge in [0.2, 0.25) is 8.32 Å². The van der Waals surface area contributed by atoms with Crippen molar-refractivity contribution in [3.63, 3.8) is 0 Å². The first-order chi connectivity index (χ1) is 15.0. The van der Waals surface area contributed by atoms with Crippen LogP contribution in [0, 0.1) is 11.8 Å². The molecule has 4 nitrogen and oxygen atoms in total. The van der Waals surface area contributed by atoms with Gasteiger partial charge in [0, 0.05) is 6.92 Å². The van der Waals surface area contributed by atoms with Crippen molar-refractivity contribution < 1.29 is 19.1 Å². The quantitative estimate of drug-likeness (QED) is 0.113. The summed E-state index contributed by atoms with van der Waals surface area (Å²) >= 11 is 0. The van der Waals surface area contributed by atoms with Crippen molar-refractivity contribution >= 4 is 14.3 Å². The Hall–Kier alpha value is -0.913. The lowest BCUT2D eigenvalue weighted by atomic mass is 10.1. The van der Waals surface area contributed by atoms with E-state index in [2.05, 4.69) is 55.0 Å². The van der Waals surface area contributed by atoms with E-state index in [9.17, 15) is 9.90 Å². The van der Waals surface area contributed by atoms with Gasteiger partial charge in [-0.3, -0.25) is 4.79 Å². The molecule has 0 amide bonds. The summed E-state index contributed by atoms with van der Waals surface area (Å²) in [6.07, 6.45) is 10.9. The van der Waals surface area contributed by atoms with Crippen LogP contribution in [0.1, 0.15) is 93.9 Å². The number of hydrogen-bond acceptors (Lipinski definition) is 4. The summed E-state index contributed by atoms with van der Waals surface area (Å²) in [5, 5.41) is 10.9. The maximum absolute atomic E-state index is 11.4. The van der Waals surface area contributed by atoms with Crippen molar-refractivity contribution in [3.8, 4) is 0 Å². The highest BCUT2D eigenvalue weighted by Crippen LogP contribution is 2.50. The molecular formula is C27H50O4Si. The monoisotopic (exact) mass is 466 g/mol. The largest absolute Gasteiger partial charge is 0.458 e. The van der Waals surface area contributed by atoms with E-state index in [4.69, 9.17) is 9.16 Å². The molecule has 1 N–H and O–H groups in total. The number of esters is 1. The van der Waals surface area contributed by atoms with Crippen LogP contribution >= 0.6 is 0 Å². The Bertz CT molecular complexity index is 577. The summed E-state index contributed by atoms with van der Waals surface area (Å²) < 4.78 is 12.5. The van der Waals surface area contributed by atoms with Crippen LogP contribution in [0.15, 0.2) is 24.8 Å². The summed E-state index contributed by atoms with van der Waals surface area (Å²) in [7, 11) is -1.99. The molecule has 0 unspecified atom stereocenters. The van der Waals surface area contributed by atoms with E-state index in [0.717, 1.165) is 38.5 Å². The highest BCUT2D eigenvalue weighted by molar-refractivity contribution is 6.77. The summed E-state index contributed by atoms with van der Waals surface area (Å²) in [6.45, 7) is 21.5. The zero-order valence-corrected chi connectivity index (χ0v) is 23.0. The summed E-state index contributed by atoms with van der Waals surface area (Å²) in [5.41, 5.74) is 1.60. The smallest absolute Gasteiger partial charge is 0.303 e. The van der Waals surface area contributed by atoms with Gasteiger partial charge < -0.3 is 14.3 Å². The fourth-order valence-electron chi connectivity index (χ4n) is 5.58. The van der Waals surface area contributed by atoms with Crippen LogP contribution in [0.25, 0.3) is 0 Å². The molecule has 186 valence electrons. The molecular weight excluding hydrogens is 416 g/mol. The molecule has 5 atom stereocenters. The van der Waals surface area contributed by atoms with Gasteiger partial charge in [-0.15, -0.1) is 6.58 Å². The summed E-state index contributed by atoms with van der Waals surface area (Å²) in [5.74, 6) is 0.276. The maximum atomic E-state index is 11.4. The molecule has 32 heavy (non-hydrogen) atoms. The molecule has 1 fully saturated rings. The average molecular weight is 467 g/mol. The van der Waals surface area contributed by atoms with Crippen molar-refractivity contribution in [2.75, 3.05) is 0 Å². The van der Waals surface area contributed by atoms with Crippen LogP contribution in [0.3, 0.4) is 0 Å². The lowest BCUT2D eigenvalue weighted by Crippen LogP contribution is -2.50. The number of aliphatic hydroxyl groups excluding tert-OH is 1. The molecule has 1 saturated carbocycles. The maximum Gasteiger partial charge on any atom is 0.303 e. The molecule has 0 aromatic heterocycles. The minimum atomic E-state index is -1.99. The number of carbonyl (C=O) groups is 1. The van der Waals surface area contributed by atoms with E-state index in [0.29, 0.717) is 22.5 Å². The second kappa shape index (κ2) is 13.7. The van der Waals surface area contributed by atoms with Gasteiger partial charge >= 0.3 is 5.97 Å².